The van der Waals surface area contributed by atoms with Crippen molar-refractivity contribution in [2.45, 2.75) is 51.5 Å². The number of methoxy groups -OCH3 is 1. The summed E-state index contributed by atoms with van der Waals surface area (Å²) < 4.78 is 5.30. The lowest BCUT2D eigenvalue weighted by Crippen LogP contribution is -2.44. The highest BCUT2D eigenvalue weighted by atomic mass is 16.5. The highest BCUT2D eigenvalue weighted by Crippen LogP contribution is 2.33. The second kappa shape index (κ2) is 7.65. The fourth-order valence-corrected chi connectivity index (χ4v) is 3.48. The van der Waals surface area contributed by atoms with E-state index >= 15 is 0 Å². The predicted molar refractivity (Wildman–Crippen MR) is 83.5 cm³/mol. The molecule has 3 atom stereocenters. The number of hydrogen-bond acceptors (Lipinski definition) is 3. The van der Waals surface area contributed by atoms with Gasteiger partial charge in [-0.2, -0.15) is 0 Å². The molecule has 3 nitrogen and oxygen atoms in total. The summed E-state index contributed by atoms with van der Waals surface area (Å²) in [5.41, 5.74) is 4.36. The zero-order chi connectivity index (χ0) is 14.4. The topological polar surface area (TPSA) is 47.3 Å². The van der Waals surface area contributed by atoms with Crippen molar-refractivity contribution >= 4 is 0 Å². The van der Waals surface area contributed by atoms with Gasteiger partial charge in [-0.1, -0.05) is 38.3 Å². The Labute approximate surface area is 122 Å². The van der Waals surface area contributed by atoms with Crippen molar-refractivity contribution in [3.63, 3.8) is 0 Å². The van der Waals surface area contributed by atoms with Gasteiger partial charge < -0.3 is 4.74 Å². The van der Waals surface area contributed by atoms with E-state index in [0.717, 1.165) is 18.1 Å². The van der Waals surface area contributed by atoms with Crippen LogP contribution in [0, 0.1) is 11.8 Å². The first-order chi connectivity index (χ1) is 9.76. The van der Waals surface area contributed by atoms with Crippen molar-refractivity contribution in [3.8, 4) is 5.75 Å². The van der Waals surface area contributed by atoms with Crippen molar-refractivity contribution < 1.29 is 4.74 Å². The molecule has 0 amide bonds. The third kappa shape index (κ3) is 3.97. The Bertz CT molecular complexity index is 408. The van der Waals surface area contributed by atoms with E-state index in [1.54, 1.807) is 7.11 Å². The maximum absolute atomic E-state index is 5.83. The van der Waals surface area contributed by atoms with Crippen LogP contribution in [0.25, 0.3) is 0 Å². The van der Waals surface area contributed by atoms with Gasteiger partial charge in [0.2, 0.25) is 0 Å². The zero-order valence-corrected chi connectivity index (χ0v) is 12.8. The van der Waals surface area contributed by atoms with Crippen LogP contribution in [-0.2, 0) is 6.42 Å². The lowest BCUT2D eigenvalue weighted by molar-refractivity contribution is 0.208. The summed E-state index contributed by atoms with van der Waals surface area (Å²) in [4.78, 5) is 0. The van der Waals surface area contributed by atoms with Gasteiger partial charge in [-0.3, -0.25) is 11.3 Å². The maximum atomic E-state index is 5.83. The molecule has 3 unspecified atom stereocenters. The molecule has 3 heteroatoms. The lowest BCUT2D eigenvalue weighted by Gasteiger charge is -2.34. The number of hydrazine groups is 1. The number of benzene rings is 1. The van der Waals surface area contributed by atoms with E-state index < -0.39 is 0 Å². The van der Waals surface area contributed by atoms with E-state index in [4.69, 9.17) is 10.6 Å². The number of rotatable bonds is 6. The van der Waals surface area contributed by atoms with E-state index in [0.29, 0.717) is 12.0 Å². The first-order valence-corrected chi connectivity index (χ1v) is 7.85. The largest absolute Gasteiger partial charge is 0.497 e. The summed E-state index contributed by atoms with van der Waals surface area (Å²) in [6, 6.07) is 8.69. The van der Waals surface area contributed by atoms with Crippen LogP contribution in [0.5, 0.6) is 5.75 Å². The van der Waals surface area contributed by atoms with Crippen LogP contribution in [0.15, 0.2) is 24.3 Å². The van der Waals surface area contributed by atoms with E-state index in [1.807, 2.05) is 6.07 Å². The molecular weight excluding hydrogens is 248 g/mol. The van der Waals surface area contributed by atoms with Gasteiger partial charge in [-0.25, -0.2) is 0 Å². The fraction of sp³-hybridized carbons (Fsp3) is 0.647. The molecule has 112 valence electrons. The lowest BCUT2D eigenvalue weighted by atomic mass is 9.75. The average molecular weight is 276 g/mol. The Balaban J connectivity index is 2.00. The molecular formula is C17H28N2O. The first kappa shape index (κ1) is 15.3. The minimum absolute atomic E-state index is 0.372. The van der Waals surface area contributed by atoms with Gasteiger partial charge in [0.25, 0.3) is 0 Å². The van der Waals surface area contributed by atoms with Gasteiger partial charge in [0.15, 0.2) is 0 Å². The molecule has 0 bridgehead atoms. The minimum atomic E-state index is 0.372. The van der Waals surface area contributed by atoms with Gasteiger partial charge in [-0.05, 0) is 48.8 Å². The molecule has 2 rings (SSSR count). The molecule has 0 aliphatic heterocycles. The van der Waals surface area contributed by atoms with Crippen molar-refractivity contribution in [2.24, 2.45) is 17.7 Å². The van der Waals surface area contributed by atoms with E-state index in [9.17, 15) is 0 Å². The van der Waals surface area contributed by atoms with Gasteiger partial charge in [0.05, 0.1) is 7.11 Å². The zero-order valence-electron chi connectivity index (χ0n) is 12.8. The van der Waals surface area contributed by atoms with E-state index in [-0.39, 0.29) is 0 Å². The Hall–Kier alpha value is -1.06. The summed E-state index contributed by atoms with van der Waals surface area (Å²) in [6.45, 7) is 2.31. The standard InChI is InChI=1S/C17H28N2O/c1-3-13-6-4-8-15(10-13)17(19-18)12-14-7-5-9-16(11-14)20-2/h5,7,9,11,13,15,17,19H,3-4,6,8,10,12,18H2,1-2H3. The molecule has 1 aromatic rings. The third-order valence-electron chi connectivity index (χ3n) is 4.77. The summed E-state index contributed by atoms with van der Waals surface area (Å²) in [5, 5.41) is 0. The fourth-order valence-electron chi connectivity index (χ4n) is 3.48. The number of ether oxygens (including phenoxy) is 1. The SMILES string of the molecule is CCC1CCCC(C(Cc2cccc(OC)c2)NN)C1. The molecule has 0 radical (unpaired) electrons. The highest BCUT2D eigenvalue weighted by molar-refractivity contribution is 5.29. The predicted octanol–water partition coefficient (Wildman–Crippen LogP) is 3.29. The first-order valence-electron chi connectivity index (χ1n) is 7.85. The second-order valence-electron chi connectivity index (χ2n) is 6.03. The van der Waals surface area contributed by atoms with Crippen molar-refractivity contribution in [1.82, 2.24) is 5.43 Å². The molecule has 0 heterocycles. The van der Waals surface area contributed by atoms with Crippen LogP contribution in [0.3, 0.4) is 0 Å². The molecule has 1 aliphatic rings. The molecule has 20 heavy (non-hydrogen) atoms. The molecule has 1 fully saturated rings. The minimum Gasteiger partial charge on any atom is -0.497 e. The molecule has 3 N–H and O–H groups in total. The smallest absolute Gasteiger partial charge is 0.119 e. The van der Waals surface area contributed by atoms with Crippen LogP contribution in [0.4, 0.5) is 0 Å². The van der Waals surface area contributed by atoms with Crippen molar-refractivity contribution in [2.75, 3.05) is 7.11 Å². The van der Waals surface area contributed by atoms with E-state index in [2.05, 4.69) is 30.5 Å². The molecule has 0 spiro atoms. The summed E-state index contributed by atoms with van der Waals surface area (Å²) in [5.74, 6) is 8.34. The summed E-state index contributed by atoms with van der Waals surface area (Å²) in [6.07, 6.45) is 7.63. The normalized spacial score (nSPS) is 24.4. The quantitative estimate of drug-likeness (QED) is 0.619. The number of nitrogens with one attached hydrogen (secondary N) is 1. The van der Waals surface area contributed by atoms with Crippen molar-refractivity contribution in [1.29, 1.82) is 0 Å². The van der Waals surface area contributed by atoms with Gasteiger partial charge in [-0.15, -0.1) is 0 Å². The average Bonchev–Trinajstić information content (AvgIpc) is 2.52. The summed E-state index contributed by atoms with van der Waals surface area (Å²) >= 11 is 0. The Morgan fingerprint density at radius 3 is 2.95 bits per heavy atom. The molecule has 1 saturated carbocycles. The van der Waals surface area contributed by atoms with Crippen LogP contribution >= 0.6 is 0 Å². The third-order valence-corrected chi connectivity index (χ3v) is 4.77. The maximum Gasteiger partial charge on any atom is 0.119 e. The summed E-state index contributed by atoms with van der Waals surface area (Å²) in [7, 11) is 1.71. The second-order valence-corrected chi connectivity index (χ2v) is 6.03. The Morgan fingerprint density at radius 1 is 1.40 bits per heavy atom. The molecule has 1 aromatic carbocycles. The Kier molecular flexibility index (Phi) is 5.86. The Morgan fingerprint density at radius 2 is 2.25 bits per heavy atom. The molecule has 1 aliphatic carbocycles. The van der Waals surface area contributed by atoms with Crippen LogP contribution < -0.4 is 16.0 Å². The monoisotopic (exact) mass is 276 g/mol. The number of hydrogen-bond donors (Lipinski definition) is 2. The van der Waals surface area contributed by atoms with E-state index in [1.165, 1.54) is 37.7 Å². The van der Waals surface area contributed by atoms with Gasteiger partial charge in [0.1, 0.15) is 5.75 Å². The van der Waals surface area contributed by atoms with Crippen LogP contribution in [0.1, 0.15) is 44.6 Å². The molecule has 0 aromatic heterocycles. The van der Waals surface area contributed by atoms with Crippen LogP contribution in [0.2, 0.25) is 0 Å². The van der Waals surface area contributed by atoms with Gasteiger partial charge in [0, 0.05) is 6.04 Å². The van der Waals surface area contributed by atoms with Crippen LogP contribution in [-0.4, -0.2) is 13.2 Å². The van der Waals surface area contributed by atoms with Gasteiger partial charge >= 0.3 is 0 Å². The number of nitrogens with two attached hydrogens (primary N) is 1. The van der Waals surface area contributed by atoms with Crippen molar-refractivity contribution in [3.05, 3.63) is 29.8 Å². The molecule has 0 saturated heterocycles. The highest BCUT2D eigenvalue weighted by Gasteiger charge is 2.27.